The maximum Gasteiger partial charge on any atom is 0.194 e. The molecule has 2 aromatic carbocycles. The van der Waals surface area contributed by atoms with Crippen molar-refractivity contribution in [3.8, 4) is 0 Å². The maximum atomic E-state index is 12.8. The fourth-order valence-electron chi connectivity index (χ4n) is 3.08. The van der Waals surface area contributed by atoms with Gasteiger partial charge in [-0.1, -0.05) is 51.1 Å². The molecule has 3 heteroatoms. The summed E-state index contributed by atoms with van der Waals surface area (Å²) in [5.41, 5.74) is 8.98. The molecule has 1 aromatic heterocycles. The number of aryl methyl sites for hydroxylation is 1. The lowest BCUT2D eigenvalue weighted by molar-refractivity contribution is 1.04. The van der Waals surface area contributed by atoms with Gasteiger partial charge in [-0.25, -0.2) is 0 Å². The molecule has 0 amide bonds. The molecule has 0 fully saturated rings. The van der Waals surface area contributed by atoms with Gasteiger partial charge in [0.2, 0.25) is 0 Å². The number of nitrogen functional groups attached to an aromatic ring is 1. The molecule has 2 nitrogen and oxygen atoms in total. The molecule has 0 radical (unpaired) electrons. The van der Waals surface area contributed by atoms with Gasteiger partial charge in [-0.3, -0.25) is 4.79 Å². The van der Waals surface area contributed by atoms with Crippen LogP contribution in [0.4, 0.5) is 5.69 Å². The van der Waals surface area contributed by atoms with Crippen molar-refractivity contribution in [3.05, 3.63) is 52.2 Å². The zero-order valence-electron chi connectivity index (χ0n) is 12.7. The largest absolute Gasteiger partial charge is 0.398 e. The van der Waals surface area contributed by atoms with Crippen molar-refractivity contribution in [2.24, 2.45) is 0 Å². The van der Waals surface area contributed by atoms with Crippen LogP contribution in [0, 0.1) is 0 Å². The molecule has 2 N–H and O–H groups in total. The van der Waals surface area contributed by atoms with Crippen LogP contribution in [0.3, 0.4) is 0 Å². The monoisotopic (exact) mass is 297 g/mol. The van der Waals surface area contributed by atoms with Crippen molar-refractivity contribution in [1.29, 1.82) is 0 Å². The van der Waals surface area contributed by atoms with E-state index in [1.165, 1.54) is 5.12 Å². The van der Waals surface area contributed by atoms with Crippen LogP contribution in [0.2, 0.25) is 0 Å². The second-order valence-corrected chi connectivity index (χ2v) is 8.40. The van der Waals surface area contributed by atoms with Crippen molar-refractivity contribution in [2.45, 2.75) is 32.9 Å². The molecule has 0 saturated heterocycles. The maximum absolute atomic E-state index is 12.8. The summed E-state index contributed by atoms with van der Waals surface area (Å²) >= 11 is 0. The quantitative estimate of drug-likeness (QED) is 0.530. The molecule has 108 valence electrons. The first-order chi connectivity index (χ1) is 10.1. The number of hydrogen-bond acceptors (Lipinski definition) is 2. The molecule has 1 heterocycles. The smallest absolute Gasteiger partial charge is 0.194 e. The van der Waals surface area contributed by atoms with Gasteiger partial charge in [0.1, 0.15) is 0 Å². The van der Waals surface area contributed by atoms with Gasteiger partial charge in [0.25, 0.3) is 0 Å². The first-order valence-electron chi connectivity index (χ1n) is 7.40. The third kappa shape index (κ3) is 2.06. The fraction of sp³-hybridized carbons (Fsp3) is 0.278. The van der Waals surface area contributed by atoms with Crippen molar-refractivity contribution in [2.75, 3.05) is 5.73 Å². The molecule has 0 aliphatic rings. The standard InChI is InChI=1S/C18H20NOP/c1-4-12-9-10-14-17(20)13-7-5-6-8-15(13)21(11(2)3)18(14)16(12)19/h5-11H,4,19H2,1-3H3. The number of nitrogens with two attached hydrogens (primary N) is 1. The van der Waals surface area contributed by atoms with Crippen LogP contribution in [0.1, 0.15) is 32.0 Å². The lowest BCUT2D eigenvalue weighted by atomic mass is 10.1. The first-order valence-corrected chi connectivity index (χ1v) is 8.81. The normalized spacial score (nSPS) is 12.5. The Labute approximate surface area is 125 Å². The first kappa shape index (κ1) is 14.2. The van der Waals surface area contributed by atoms with E-state index in [9.17, 15) is 4.79 Å². The van der Waals surface area contributed by atoms with Crippen molar-refractivity contribution < 1.29 is 0 Å². The summed E-state index contributed by atoms with van der Waals surface area (Å²) < 4.78 is 0. The molecule has 1 unspecified atom stereocenters. The molecule has 3 aromatic rings. The van der Waals surface area contributed by atoms with E-state index >= 15 is 0 Å². The topological polar surface area (TPSA) is 43.1 Å². The van der Waals surface area contributed by atoms with Crippen LogP contribution in [0.15, 0.2) is 41.2 Å². The Balaban J connectivity index is 2.66. The highest BCUT2D eigenvalue weighted by Crippen LogP contribution is 2.53. The van der Waals surface area contributed by atoms with Crippen LogP contribution in [0.5, 0.6) is 0 Å². The Morgan fingerprint density at radius 1 is 1.10 bits per heavy atom. The fourth-order valence-corrected chi connectivity index (χ4v) is 5.91. The summed E-state index contributed by atoms with van der Waals surface area (Å²) in [5, 5.41) is 3.94. The van der Waals surface area contributed by atoms with E-state index < -0.39 is 7.53 Å². The minimum Gasteiger partial charge on any atom is -0.398 e. The highest BCUT2D eigenvalue weighted by molar-refractivity contribution is 7.61. The summed E-state index contributed by atoms with van der Waals surface area (Å²) in [6.45, 7) is 6.55. The van der Waals surface area contributed by atoms with Gasteiger partial charge in [0, 0.05) is 26.7 Å². The van der Waals surface area contributed by atoms with Crippen molar-refractivity contribution >= 4 is 34.2 Å². The van der Waals surface area contributed by atoms with E-state index in [-0.39, 0.29) is 5.43 Å². The molecule has 3 rings (SSSR count). The molecule has 1 atom stereocenters. The highest BCUT2D eigenvalue weighted by Gasteiger charge is 2.17. The molecule has 21 heavy (non-hydrogen) atoms. The van der Waals surface area contributed by atoms with E-state index in [2.05, 4.69) is 26.8 Å². The summed E-state index contributed by atoms with van der Waals surface area (Å²) in [5.74, 6) is 0. The minimum atomic E-state index is -0.578. The predicted molar refractivity (Wildman–Crippen MR) is 94.6 cm³/mol. The predicted octanol–water partition coefficient (Wildman–Crippen LogP) is 5.07. The highest BCUT2D eigenvalue weighted by atomic mass is 31.1. The zero-order chi connectivity index (χ0) is 15.1. The van der Waals surface area contributed by atoms with E-state index in [1.54, 1.807) is 0 Å². The summed E-state index contributed by atoms with van der Waals surface area (Å²) in [6, 6.07) is 12.0. The summed E-state index contributed by atoms with van der Waals surface area (Å²) in [4.78, 5) is 12.8. The average Bonchev–Trinajstić information content (AvgIpc) is 2.48. The van der Waals surface area contributed by atoms with E-state index in [4.69, 9.17) is 5.73 Å². The number of rotatable bonds is 2. The number of hydrogen-bond donors (Lipinski definition) is 1. The molecule has 0 spiro atoms. The molecular weight excluding hydrogens is 277 g/mol. The number of fused-ring (bicyclic) bond motifs is 2. The van der Waals surface area contributed by atoms with Gasteiger partial charge in [0.05, 0.1) is 0 Å². The zero-order valence-corrected chi connectivity index (χ0v) is 13.6. The SMILES string of the molecule is CCc1ccc2c(=O)c3ccccc3p(C(C)C)c2c1N. The molecule has 0 aliphatic carbocycles. The number of benzene rings is 2. The third-order valence-corrected chi connectivity index (χ3v) is 7.00. The van der Waals surface area contributed by atoms with Gasteiger partial charge in [-0.2, -0.15) is 0 Å². The Bertz CT molecular complexity index is 893. The van der Waals surface area contributed by atoms with E-state index in [0.717, 1.165) is 33.6 Å². The van der Waals surface area contributed by atoms with Crippen LogP contribution in [0.25, 0.3) is 21.0 Å². The van der Waals surface area contributed by atoms with Crippen LogP contribution < -0.4 is 11.2 Å². The Morgan fingerprint density at radius 2 is 1.81 bits per heavy atom. The van der Waals surface area contributed by atoms with Gasteiger partial charge in [-0.15, -0.1) is 7.53 Å². The summed E-state index contributed by atoms with van der Waals surface area (Å²) in [7, 11) is -0.578. The van der Waals surface area contributed by atoms with Gasteiger partial charge < -0.3 is 5.73 Å². The van der Waals surface area contributed by atoms with E-state index in [1.807, 2.05) is 30.3 Å². The molecular formula is C18H20NOP. The Morgan fingerprint density at radius 3 is 2.48 bits per heavy atom. The summed E-state index contributed by atoms with van der Waals surface area (Å²) in [6.07, 6.45) is 0.899. The average molecular weight is 297 g/mol. The second kappa shape index (κ2) is 5.20. The third-order valence-electron chi connectivity index (χ3n) is 4.10. The number of anilines is 1. The Hall–Kier alpha value is -1.79. The lowest BCUT2D eigenvalue weighted by Crippen LogP contribution is -2.05. The van der Waals surface area contributed by atoms with Gasteiger partial charge in [0.15, 0.2) is 5.43 Å². The van der Waals surface area contributed by atoms with Crippen LogP contribution >= 0.6 is 7.53 Å². The van der Waals surface area contributed by atoms with Crippen LogP contribution in [-0.4, -0.2) is 0 Å². The molecule has 0 saturated carbocycles. The second-order valence-electron chi connectivity index (χ2n) is 5.70. The Kier molecular flexibility index (Phi) is 3.51. The molecule has 0 aliphatic heterocycles. The van der Waals surface area contributed by atoms with Crippen molar-refractivity contribution in [3.63, 3.8) is 0 Å². The lowest BCUT2D eigenvalue weighted by Gasteiger charge is -2.18. The van der Waals surface area contributed by atoms with Gasteiger partial charge in [-0.05, 0) is 23.7 Å². The van der Waals surface area contributed by atoms with Gasteiger partial charge >= 0.3 is 0 Å². The van der Waals surface area contributed by atoms with Crippen LogP contribution in [-0.2, 0) is 6.42 Å². The molecule has 0 bridgehead atoms. The van der Waals surface area contributed by atoms with Crippen molar-refractivity contribution in [1.82, 2.24) is 0 Å². The van der Waals surface area contributed by atoms with E-state index in [0.29, 0.717) is 5.66 Å². The minimum absolute atomic E-state index is 0.120.